The summed E-state index contributed by atoms with van der Waals surface area (Å²) in [6.07, 6.45) is 7.05. The summed E-state index contributed by atoms with van der Waals surface area (Å²) in [4.78, 5) is 24.8. The molecule has 0 N–H and O–H groups in total. The highest BCUT2D eigenvalue weighted by Gasteiger charge is 2.23. The van der Waals surface area contributed by atoms with E-state index in [-0.39, 0.29) is 11.3 Å². The molecule has 6 nitrogen and oxygen atoms in total. The number of imidazole rings is 1. The summed E-state index contributed by atoms with van der Waals surface area (Å²) >= 11 is 5.59. The molecule has 9 heteroatoms. The second-order valence-corrected chi connectivity index (χ2v) is 7.39. The monoisotopic (exact) mass is 443 g/mol. The molecule has 1 aromatic carbocycles. The number of rotatable bonds is 4. The maximum absolute atomic E-state index is 13.2. The lowest BCUT2D eigenvalue weighted by molar-refractivity contribution is 0.0175. The molecule has 4 rings (SSSR count). The van der Waals surface area contributed by atoms with Crippen LogP contribution in [0.4, 0.5) is 14.5 Å². The highest BCUT2D eigenvalue weighted by molar-refractivity contribution is 6.29. The van der Waals surface area contributed by atoms with E-state index in [9.17, 15) is 13.6 Å². The van der Waals surface area contributed by atoms with Gasteiger partial charge in [0, 0.05) is 38.3 Å². The third-order valence-corrected chi connectivity index (χ3v) is 4.68. The fourth-order valence-electron chi connectivity index (χ4n) is 2.74. The van der Waals surface area contributed by atoms with Gasteiger partial charge < -0.3 is 4.90 Å². The van der Waals surface area contributed by atoms with Crippen LogP contribution >= 0.6 is 11.6 Å². The van der Waals surface area contributed by atoms with Gasteiger partial charge in [0.15, 0.2) is 11.9 Å². The first-order valence-electron chi connectivity index (χ1n) is 9.25. The van der Waals surface area contributed by atoms with Gasteiger partial charge in [0.2, 0.25) is 0 Å². The van der Waals surface area contributed by atoms with Gasteiger partial charge in [-0.05, 0) is 12.1 Å². The SMILES string of the molecule is CC(F)(F)c1ccc(-c2cnc3cnc(C=O)cn23)cc1.CN(C)c1ccc(Cl)nc1. The van der Waals surface area contributed by atoms with Gasteiger partial charge >= 0.3 is 0 Å². The molecular weight excluding hydrogens is 424 g/mol. The number of aldehydes is 1. The molecule has 160 valence electrons. The van der Waals surface area contributed by atoms with Crippen LogP contribution in [0.5, 0.6) is 0 Å². The summed E-state index contributed by atoms with van der Waals surface area (Å²) in [5.41, 5.74) is 3.32. The zero-order valence-corrected chi connectivity index (χ0v) is 17.9. The number of fused-ring (bicyclic) bond motifs is 1. The van der Waals surface area contributed by atoms with E-state index < -0.39 is 5.92 Å². The molecular formula is C22H20ClF2N5O. The molecule has 0 amide bonds. The number of carbonyl (C=O) groups is 1. The van der Waals surface area contributed by atoms with Crippen LogP contribution in [0.2, 0.25) is 5.15 Å². The summed E-state index contributed by atoms with van der Waals surface area (Å²) in [6.45, 7) is 0.859. The number of anilines is 1. The number of carbonyl (C=O) groups excluding carboxylic acids is 1. The summed E-state index contributed by atoms with van der Waals surface area (Å²) < 4.78 is 28.1. The Labute approximate surface area is 183 Å². The van der Waals surface area contributed by atoms with Gasteiger partial charge in [-0.1, -0.05) is 35.9 Å². The lowest BCUT2D eigenvalue weighted by Gasteiger charge is -2.11. The van der Waals surface area contributed by atoms with Crippen molar-refractivity contribution in [3.05, 3.63) is 77.6 Å². The van der Waals surface area contributed by atoms with Crippen molar-refractivity contribution in [1.29, 1.82) is 0 Å². The van der Waals surface area contributed by atoms with Gasteiger partial charge in [-0.2, -0.15) is 0 Å². The molecule has 4 aromatic rings. The van der Waals surface area contributed by atoms with E-state index in [0.717, 1.165) is 18.2 Å². The Morgan fingerprint density at radius 2 is 1.71 bits per heavy atom. The number of pyridine rings is 1. The molecule has 0 aliphatic carbocycles. The minimum absolute atomic E-state index is 0.0460. The fraction of sp³-hybridized carbons (Fsp3) is 0.182. The van der Waals surface area contributed by atoms with Gasteiger partial charge in [0.05, 0.1) is 30.0 Å². The van der Waals surface area contributed by atoms with E-state index >= 15 is 0 Å². The van der Waals surface area contributed by atoms with Crippen LogP contribution in [-0.4, -0.2) is 39.7 Å². The van der Waals surface area contributed by atoms with Gasteiger partial charge in [-0.25, -0.2) is 23.7 Å². The Morgan fingerprint density at radius 3 is 2.26 bits per heavy atom. The lowest BCUT2D eigenvalue weighted by Crippen LogP contribution is -2.08. The van der Waals surface area contributed by atoms with Crippen LogP contribution in [0.15, 0.2) is 61.2 Å². The average Bonchev–Trinajstić information content (AvgIpc) is 3.17. The predicted molar refractivity (Wildman–Crippen MR) is 117 cm³/mol. The summed E-state index contributed by atoms with van der Waals surface area (Å²) in [7, 11) is 3.93. The van der Waals surface area contributed by atoms with Crippen molar-refractivity contribution < 1.29 is 13.6 Å². The summed E-state index contributed by atoms with van der Waals surface area (Å²) in [5.74, 6) is -2.87. The zero-order valence-electron chi connectivity index (χ0n) is 17.1. The van der Waals surface area contributed by atoms with Gasteiger partial charge in [0.25, 0.3) is 5.92 Å². The van der Waals surface area contributed by atoms with Crippen molar-refractivity contribution in [2.24, 2.45) is 0 Å². The average molecular weight is 444 g/mol. The van der Waals surface area contributed by atoms with Gasteiger partial charge in [-0.3, -0.25) is 9.20 Å². The molecule has 0 saturated carbocycles. The second-order valence-electron chi connectivity index (χ2n) is 7.00. The number of benzene rings is 1. The van der Waals surface area contributed by atoms with E-state index in [0.29, 0.717) is 22.8 Å². The first-order valence-corrected chi connectivity index (χ1v) is 9.62. The van der Waals surface area contributed by atoms with Crippen molar-refractivity contribution in [2.45, 2.75) is 12.8 Å². The highest BCUT2D eigenvalue weighted by Crippen LogP contribution is 2.29. The van der Waals surface area contributed by atoms with Crippen molar-refractivity contribution in [3.8, 4) is 11.3 Å². The number of nitrogens with zero attached hydrogens (tertiary/aromatic N) is 5. The molecule has 31 heavy (non-hydrogen) atoms. The Balaban J connectivity index is 0.000000229. The standard InChI is InChI=1S/C15H11F2N3O.C7H9ClN2/c1-15(16,17)11-4-2-10(3-5-11)13-6-19-14-7-18-12(9-21)8-20(13)14;1-10(2)6-3-4-7(8)9-5-6/h2-9H,1H3;3-5H,1-2H3. The maximum atomic E-state index is 13.2. The molecule has 0 aliphatic heterocycles. The summed E-state index contributed by atoms with van der Waals surface area (Å²) in [6, 6.07) is 9.69. The molecule has 0 bridgehead atoms. The van der Waals surface area contributed by atoms with Gasteiger partial charge in [0.1, 0.15) is 10.8 Å². The normalized spacial score (nSPS) is 11.0. The number of hydrogen-bond acceptors (Lipinski definition) is 5. The molecule has 0 unspecified atom stereocenters. The van der Waals surface area contributed by atoms with Gasteiger partial charge in [-0.15, -0.1) is 0 Å². The Bertz CT molecular complexity index is 1170. The van der Waals surface area contributed by atoms with E-state index in [4.69, 9.17) is 11.6 Å². The van der Waals surface area contributed by atoms with E-state index in [2.05, 4.69) is 15.0 Å². The Hall–Kier alpha value is -3.39. The van der Waals surface area contributed by atoms with Crippen LogP contribution < -0.4 is 4.90 Å². The molecule has 0 saturated heterocycles. The predicted octanol–water partition coefficient (Wildman–Crippen LogP) is 5.12. The minimum atomic E-state index is -2.87. The first-order chi connectivity index (χ1) is 14.7. The van der Waals surface area contributed by atoms with Crippen molar-refractivity contribution >= 4 is 29.2 Å². The fourth-order valence-corrected chi connectivity index (χ4v) is 2.86. The van der Waals surface area contributed by atoms with E-state index in [1.807, 2.05) is 25.1 Å². The number of halogens is 3. The van der Waals surface area contributed by atoms with Crippen LogP contribution in [-0.2, 0) is 5.92 Å². The molecule has 3 aromatic heterocycles. The van der Waals surface area contributed by atoms with Crippen LogP contribution in [0.3, 0.4) is 0 Å². The molecule has 0 spiro atoms. The number of hydrogen-bond donors (Lipinski definition) is 0. The quantitative estimate of drug-likeness (QED) is 0.323. The Kier molecular flexibility index (Phi) is 6.60. The molecule has 0 aliphatic rings. The second kappa shape index (κ2) is 9.18. The van der Waals surface area contributed by atoms with Crippen LogP contribution in [0, 0.1) is 0 Å². The maximum Gasteiger partial charge on any atom is 0.270 e. The molecule has 0 fully saturated rings. The topological polar surface area (TPSA) is 63.4 Å². The van der Waals surface area contributed by atoms with E-state index in [1.54, 1.807) is 41.2 Å². The Morgan fingerprint density at radius 1 is 1.00 bits per heavy atom. The van der Waals surface area contributed by atoms with Crippen molar-refractivity contribution in [1.82, 2.24) is 19.4 Å². The zero-order chi connectivity index (χ0) is 22.6. The third kappa shape index (κ3) is 5.40. The van der Waals surface area contributed by atoms with Crippen molar-refractivity contribution in [3.63, 3.8) is 0 Å². The van der Waals surface area contributed by atoms with Crippen LogP contribution in [0.1, 0.15) is 23.0 Å². The molecule has 0 atom stereocenters. The minimum Gasteiger partial charge on any atom is -0.376 e. The smallest absolute Gasteiger partial charge is 0.270 e. The largest absolute Gasteiger partial charge is 0.376 e. The summed E-state index contributed by atoms with van der Waals surface area (Å²) in [5, 5.41) is 0.533. The number of aromatic nitrogens is 4. The lowest BCUT2D eigenvalue weighted by atomic mass is 10.1. The van der Waals surface area contributed by atoms with Crippen LogP contribution in [0.25, 0.3) is 16.9 Å². The number of alkyl halides is 2. The highest BCUT2D eigenvalue weighted by atomic mass is 35.5. The van der Waals surface area contributed by atoms with Crippen molar-refractivity contribution in [2.75, 3.05) is 19.0 Å². The van der Waals surface area contributed by atoms with E-state index in [1.165, 1.54) is 18.3 Å². The third-order valence-electron chi connectivity index (χ3n) is 4.45. The molecule has 0 radical (unpaired) electrons. The first kappa shape index (κ1) is 22.3. The molecule has 3 heterocycles.